The summed E-state index contributed by atoms with van der Waals surface area (Å²) < 4.78 is 1.02. The first-order valence-electron chi connectivity index (χ1n) is 5.70. The van der Waals surface area contributed by atoms with Gasteiger partial charge in [-0.2, -0.15) is 0 Å². The second-order valence-electron chi connectivity index (χ2n) is 4.42. The summed E-state index contributed by atoms with van der Waals surface area (Å²) in [5.74, 6) is 0.729. The third kappa shape index (κ3) is 2.82. The van der Waals surface area contributed by atoms with Gasteiger partial charge in [0, 0.05) is 4.47 Å². The van der Waals surface area contributed by atoms with Crippen LogP contribution < -0.4 is 0 Å². The topological polar surface area (TPSA) is 20.2 Å². The van der Waals surface area contributed by atoms with E-state index in [2.05, 4.69) is 15.9 Å². The lowest BCUT2D eigenvalue weighted by Gasteiger charge is -2.16. The van der Waals surface area contributed by atoms with Crippen LogP contribution in [0.1, 0.15) is 43.8 Å². The van der Waals surface area contributed by atoms with Crippen molar-refractivity contribution in [1.29, 1.82) is 0 Å². The van der Waals surface area contributed by atoms with Gasteiger partial charge in [-0.3, -0.25) is 0 Å². The fourth-order valence-electron chi connectivity index (χ4n) is 2.43. The zero-order chi connectivity index (χ0) is 10.7. The minimum Gasteiger partial charge on any atom is -0.388 e. The van der Waals surface area contributed by atoms with Crippen LogP contribution in [-0.4, -0.2) is 5.11 Å². The van der Waals surface area contributed by atoms with Crippen LogP contribution in [0.5, 0.6) is 0 Å². The Morgan fingerprint density at radius 2 is 1.93 bits per heavy atom. The van der Waals surface area contributed by atoms with Gasteiger partial charge in [0.2, 0.25) is 0 Å². The van der Waals surface area contributed by atoms with Crippen LogP contribution in [0.3, 0.4) is 0 Å². The van der Waals surface area contributed by atoms with E-state index in [9.17, 15) is 5.11 Å². The molecule has 0 amide bonds. The Kier molecular flexibility index (Phi) is 3.81. The molecule has 1 nitrogen and oxygen atoms in total. The van der Waals surface area contributed by atoms with Gasteiger partial charge < -0.3 is 5.11 Å². The molecule has 1 aromatic rings. The Morgan fingerprint density at radius 3 is 2.60 bits per heavy atom. The average molecular weight is 269 g/mol. The molecule has 15 heavy (non-hydrogen) atoms. The summed E-state index contributed by atoms with van der Waals surface area (Å²) in [6.45, 7) is 0. The van der Waals surface area contributed by atoms with Crippen LogP contribution in [0.15, 0.2) is 28.7 Å². The Hall–Kier alpha value is -0.340. The lowest BCUT2D eigenvalue weighted by Crippen LogP contribution is -2.04. The molecular formula is C13H17BrO. The molecule has 1 aromatic carbocycles. The first-order valence-corrected chi connectivity index (χ1v) is 6.49. The highest BCUT2D eigenvalue weighted by molar-refractivity contribution is 9.10. The van der Waals surface area contributed by atoms with Crippen LogP contribution in [0.4, 0.5) is 0 Å². The molecule has 1 fully saturated rings. The van der Waals surface area contributed by atoms with E-state index in [0.717, 1.165) is 22.4 Å². The normalized spacial score (nSPS) is 19.3. The molecule has 0 aromatic heterocycles. The van der Waals surface area contributed by atoms with Crippen LogP contribution in [0, 0.1) is 5.92 Å². The molecule has 2 heteroatoms. The molecule has 1 aliphatic rings. The van der Waals surface area contributed by atoms with E-state index in [0.29, 0.717) is 0 Å². The van der Waals surface area contributed by atoms with E-state index in [1.807, 2.05) is 24.3 Å². The van der Waals surface area contributed by atoms with Gasteiger partial charge in [-0.15, -0.1) is 0 Å². The fourth-order valence-corrected chi connectivity index (χ4v) is 2.98. The number of aliphatic hydroxyl groups excluding tert-OH is 1. The van der Waals surface area contributed by atoms with Gasteiger partial charge in [-0.05, 0) is 24.0 Å². The molecule has 1 saturated carbocycles. The van der Waals surface area contributed by atoms with Crippen molar-refractivity contribution in [2.75, 3.05) is 0 Å². The number of hydrogen-bond donors (Lipinski definition) is 1. The number of benzene rings is 1. The number of aliphatic hydroxyl groups is 1. The van der Waals surface area contributed by atoms with Crippen LogP contribution >= 0.6 is 15.9 Å². The minimum atomic E-state index is -0.302. The maximum atomic E-state index is 10.1. The van der Waals surface area contributed by atoms with E-state index >= 15 is 0 Å². The predicted octanol–water partition coefficient (Wildman–Crippen LogP) is 4.06. The van der Waals surface area contributed by atoms with Gasteiger partial charge in [0.1, 0.15) is 0 Å². The Bertz CT molecular complexity index is 318. The highest BCUT2D eigenvalue weighted by Gasteiger charge is 2.20. The third-order valence-corrected chi connectivity index (χ3v) is 4.02. The monoisotopic (exact) mass is 268 g/mol. The van der Waals surface area contributed by atoms with Crippen molar-refractivity contribution in [3.63, 3.8) is 0 Å². The van der Waals surface area contributed by atoms with Gasteiger partial charge in [0.05, 0.1) is 6.10 Å². The SMILES string of the molecule is OC(CC1CCCC1)c1ccccc1Br. The molecule has 0 radical (unpaired) electrons. The van der Waals surface area contributed by atoms with Crippen molar-refractivity contribution >= 4 is 15.9 Å². The first kappa shape index (κ1) is 11.2. The highest BCUT2D eigenvalue weighted by Crippen LogP contribution is 2.34. The second kappa shape index (κ2) is 5.13. The quantitative estimate of drug-likeness (QED) is 0.877. The molecule has 1 N–H and O–H groups in total. The summed E-state index contributed by atoms with van der Waals surface area (Å²) in [7, 11) is 0. The van der Waals surface area contributed by atoms with Crippen molar-refractivity contribution in [3.05, 3.63) is 34.3 Å². The van der Waals surface area contributed by atoms with Crippen molar-refractivity contribution in [3.8, 4) is 0 Å². The van der Waals surface area contributed by atoms with Gasteiger partial charge in [0.15, 0.2) is 0 Å². The maximum Gasteiger partial charge on any atom is 0.0803 e. The predicted molar refractivity (Wildman–Crippen MR) is 65.7 cm³/mol. The van der Waals surface area contributed by atoms with E-state index < -0.39 is 0 Å². The molecular weight excluding hydrogens is 252 g/mol. The van der Waals surface area contributed by atoms with E-state index in [1.165, 1.54) is 25.7 Å². The highest BCUT2D eigenvalue weighted by atomic mass is 79.9. The fraction of sp³-hybridized carbons (Fsp3) is 0.538. The average Bonchev–Trinajstić information content (AvgIpc) is 2.71. The van der Waals surface area contributed by atoms with Crippen molar-refractivity contribution in [2.45, 2.75) is 38.2 Å². The lowest BCUT2D eigenvalue weighted by atomic mass is 9.96. The molecule has 0 aliphatic heterocycles. The largest absolute Gasteiger partial charge is 0.388 e. The number of halogens is 1. The zero-order valence-electron chi connectivity index (χ0n) is 8.82. The van der Waals surface area contributed by atoms with Crippen molar-refractivity contribution in [1.82, 2.24) is 0 Å². The van der Waals surface area contributed by atoms with Crippen molar-refractivity contribution < 1.29 is 5.11 Å². The molecule has 1 unspecified atom stereocenters. The second-order valence-corrected chi connectivity index (χ2v) is 5.28. The molecule has 0 saturated heterocycles. The van der Waals surface area contributed by atoms with Gasteiger partial charge in [0.25, 0.3) is 0 Å². The Balaban J connectivity index is 2.00. The van der Waals surface area contributed by atoms with E-state index in [1.54, 1.807) is 0 Å². The van der Waals surface area contributed by atoms with Gasteiger partial charge >= 0.3 is 0 Å². The van der Waals surface area contributed by atoms with Crippen LogP contribution in [-0.2, 0) is 0 Å². The van der Waals surface area contributed by atoms with Crippen molar-refractivity contribution in [2.24, 2.45) is 5.92 Å². The Labute approximate surface area is 99.6 Å². The summed E-state index contributed by atoms with van der Waals surface area (Å²) >= 11 is 3.49. The summed E-state index contributed by atoms with van der Waals surface area (Å²) in [4.78, 5) is 0. The third-order valence-electron chi connectivity index (χ3n) is 3.30. The summed E-state index contributed by atoms with van der Waals surface area (Å²) in [5, 5.41) is 10.1. The molecule has 82 valence electrons. The van der Waals surface area contributed by atoms with Crippen LogP contribution in [0.25, 0.3) is 0 Å². The number of rotatable bonds is 3. The zero-order valence-corrected chi connectivity index (χ0v) is 10.4. The molecule has 1 atom stereocenters. The van der Waals surface area contributed by atoms with E-state index in [4.69, 9.17) is 0 Å². The lowest BCUT2D eigenvalue weighted by molar-refractivity contribution is 0.144. The Morgan fingerprint density at radius 1 is 1.27 bits per heavy atom. The number of hydrogen-bond acceptors (Lipinski definition) is 1. The summed E-state index contributed by atoms with van der Waals surface area (Å²) in [6.07, 6.45) is 5.88. The summed E-state index contributed by atoms with van der Waals surface area (Å²) in [6, 6.07) is 7.96. The molecule has 2 rings (SSSR count). The van der Waals surface area contributed by atoms with Gasteiger partial charge in [-0.1, -0.05) is 59.8 Å². The van der Waals surface area contributed by atoms with Crippen LogP contribution in [0.2, 0.25) is 0 Å². The minimum absolute atomic E-state index is 0.302. The molecule has 0 spiro atoms. The standard InChI is InChI=1S/C13H17BrO/c14-12-8-4-3-7-11(12)13(15)9-10-5-1-2-6-10/h3-4,7-8,10,13,15H,1-2,5-6,9H2. The molecule has 0 heterocycles. The smallest absolute Gasteiger partial charge is 0.0803 e. The molecule has 1 aliphatic carbocycles. The first-order chi connectivity index (χ1) is 7.27. The van der Waals surface area contributed by atoms with E-state index in [-0.39, 0.29) is 6.10 Å². The summed E-state index contributed by atoms with van der Waals surface area (Å²) in [5.41, 5.74) is 1.03. The van der Waals surface area contributed by atoms with Gasteiger partial charge in [-0.25, -0.2) is 0 Å². The molecule has 0 bridgehead atoms. The maximum absolute atomic E-state index is 10.1.